The molecule has 0 aromatic heterocycles. The summed E-state index contributed by atoms with van der Waals surface area (Å²) in [5.74, 6) is -3.01. The van der Waals surface area contributed by atoms with Crippen LogP contribution < -0.4 is 0 Å². The Hall–Kier alpha value is -1.88. The molecule has 1 aromatic carbocycles. The van der Waals surface area contributed by atoms with E-state index in [0.29, 0.717) is 12.0 Å². The molecular weight excluding hydrogens is 356 g/mol. The number of aryl methyl sites for hydroxylation is 1. The highest BCUT2D eigenvalue weighted by Gasteiger charge is 2.48. The molecule has 1 N–H and O–H groups in total. The van der Waals surface area contributed by atoms with Crippen LogP contribution in [0.1, 0.15) is 77.7 Å². The van der Waals surface area contributed by atoms with Crippen molar-refractivity contribution in [3.8, 4) is 0 Å². The smallest absolute Gasteiger partial charge is 0.340 e. The van der Waals surface area contributed by atoms with Gasteiger partial charge in [-0.3, -0.25) is 4.79 Å². The Morgan fingerprint density at radius 3 is 1.86 bits per heavy atom. The summed E-state index contributed by atoms with van der Waals surface area (Å²) in [7, 11) is 0. The van der Waals surface area contributed by atoms with Gasteiger partial charge in [0, 0.05) is 6.92 Å². The fourth-order valence-electron chi connectivity index (χ4n) is 3.04. The average Bonchev–Trinajstić information content (AvgIpc) is 2.50. The van der Waals surface area contributed by atoms with E-state index < -0.39 is 29.7 Å². The SMILES string of the molecule is Cc1ccc(C(=O)OC(C)(O)COC(=O)C(C)(CC(C)(C)C)C(C)(C)C)cc1. The standard InChI is InChI=1S/C23H36O5/c1-16-10-12-17(13-11-16)18(24)28-23(9,26)15-27-19(25)22(8,21(5,6)7)14-20(2,3)4/h10-13,26H,14-15H2,1-9H3. The van der Waals surface area contributed by atoms with E-state index in [0.717, 1.165) is 5.56 Å². The predicted octanol–water partition coefficient (Wildman–Crippen LogP) is 4.89. The monoisotopic (exact) mass is 392 g/mol. The molecule has 0 heterocycles. The van der Waals surface area contributed by atoms with Gasteiger partial charge in [0.05, 0.1) is 11.0 Å². The molecule has 158 valence electrons. The number of hydrogen-bond acceptors (Lipinski definition) is 5. The maximum Gasteiger partial charge on any atom is 0.340 e. The van der Waals surface area contributed by atoms with Crippen molar-refractivity contribution >= 4 is 11.9 Å². The molecule has 5 heteroatoms. The number of benzene rings is 1. The molecule has 0 amide bonds. The fraction of sp³-hybridized carbons (Fsp3) is 0.652. The average molecular weight is 393 g/mol. The van der Waals surface area contributed by atoms with Gasteiger partial charge in [0.15, 0.2) is 6.61 Å². The number of carbonyl (C=O) groups is 2. The van der Waals surface area contributed by atoms with E-state index in [2.05, 4.69) is 20.8 Å². The molecule has 0 aliphatic heterocycles. The lowest BCUT2D eigenvalue weighted by atomic mass is 9.61. The molecule has 0 saturated heterocycles. The molecule has 2 unspecified atom stereocenters. The second kappa shape index (κ2) is 8.24. The third kappa shape index (κ3) is 6.62. The highest BCUT2D eigenvalue weighted by Crippen LogP contribution is 2.47. The highest BCUT2D eigenvalue weighted by atomic mass is 16.7. The zero-order chi connectivity index (χ0) is 22.0. The Balaban J connectivity index is 2.84. The van der Waals surface area contributed by atoms with E-state index in [9.17, 15) is 14.7 Å². The van der Waals surface area contributed by atoms with Crippen LogP contribution in [0.15, 0.2) is 24.3 Å². The van der Waals surface area contributed by atoms with Gasteiger partial charge in [0.1, 0.15) is 0 Å². The quantitative estimate of drug-likeness (QED) is 0.551. The van der Waals surface area contributed by atoms with Crippen molar-refractivity contribution in [3.05, 3.63) is 35.4 Å². The minimum absolute atomic E-state index is 0.0819. The number of aliphatic hydroxyl groups is 1. The molecule has 28 heavy (non-hydrogen) atoms. The van der Waals surface area contributed by atoms with E-state index in [1.165, 1.54) is 6.92 Å². The first-order chi connectivity index (χ1) is 12.5. The summed E-state index contributed by atoms with van der Waals surface area (Å²) in [6.07, 6.45) is 0.619. The maximum absolute atomic E-state index is 13.0. The summed E-state index contributed by atoms with van der Waals surface area (Å²) >= 11 is 0. The molecule has 0 fully saturated rings. The Morgan fingerprint density at radius 2 is 1.43 bits per heavy atom. The maximum atomic E-state index is 13.0. The van der Waals surface area contributed by atoms with Crippen LogP contribution in [0.3, 0.4) is 0 Å². The zero-order valence-electron chi connectivity index (χ0n) is 18.8. The molecule has 2 atom stereocenters. The highest BCUT2D eigenvalue weighted by molar-refractivity contribution is 5.89. The van der Waals surface area contributed by atoms with Gasteiger partial charge in [-0.25, -0.2) is 4.79 Å². The summed E-state index contributed by atoms with van der Waals surface area (Å²) in [5, 5.41) is 10.4. The van der Waals surface area contributed by atoms with Crippen LogP contribution in [0, 0.1) is 23.2 Å². The summed E-state index contributed by atoms with van der Waals surface area (Å²) in [6.45, 7) is 16.9. The first-order valence-corrected chi connectivity index (χ1v) is 9.66. The second-order valence-corrected chi connectivity index (χ2v) is 10.3. The molecule has 5 nitrogen and oxygen atoms in total. The number of ether oxygens (including phenoxy) is 2. The zero-order valence-corrected chi connectivity index (χ0v) is 18.8. The van der Waals surface area contributed by atoms with Crippen molar-refractivity contribution in [2.75, 3.05) is 6.61 Å². The summed E-state index contributed by atoms with van der Waals surface area (Å²) in [4.78, 5) is 25.2. The van der Waals surface area contributed by atoms with E-state index in [4.69, 9.17) is 9.47 Å². The van der Waals surface area contributed by atoms with Crippen molar-refractivity contribution in [1.82, 2.24) is 0 Å². The molecule has 0 radical (unpaired) electrons. The van der Waals surface area contributed by atoms with Gasteiger partial charge in [-0.15, -0.1) is 0 Å². The normalized spacial score (nSPS) is 16.6. The van der Waals surface area contributed by atoms with Crippen LogP contribution in [0.4, 0.5) is 0 Å². The van der Waals surface area contributed by atoms with Gasteiger partial charge in [0.25, 0.3) is 0 Å². The van der Waals surface area contributed by atoms with Gasteiger partial charge >= 0.3 is 11.9 Å². The molecule has 0 spiro atoms. The third-order valence-corrected chi connectivity index (χ3v) is 5.06. The molecular formula is C23H36O5. The molecule has 0 bridgehead atoms. The van der Waals surface area contributed by atoms with E-state index in [-0.39, 0.29) is 10.8 Å². The first kappa shape index (κ1) is 24.2. The van der Waals surface area contributed by atoms with Crippen molar-refractivity contribution < 1.29 is 24.2 Å². The van der Waals surface area contributed by atoms with Gasteiger partial charge in [0.2, 0.25) is 5.79 Å². The van der Waals surface area contributed by atoms with Gasteiger partial charge < -0.3 is 14.6 Å². The van der Waals surface area contributed by atoms with Crippen LogP contribution in [0.5, 0.6) is 0 Å². The Kier molecular flexibility index (Phi) is 7.11. The predicted molar refractivity (Wildman–Crippen MR) is 110 cm³/mol. The van der Waals surface area contributed by atoms with Gasteiger partial charge in [-0.2, -0.15) is 0 Å². The lowest BCUT2D eigenvalue weighted by Gasteiger charge is -2.43. The van der Waals surface area contributed by atoms with Gasteiger partial charge in [-0.05, 0) is 43.2 Å². The van der Waals surface area contributed by atoms with E-state index in [1.54, 1.807) is 24.3 Å². The number of carbonyl (C=O) groups excluding carboxylic acids is 2. The van der Waals surface area contributed by atoms with Crippen LogP contribution in [0.2, 0.25) is 0 Å². The lowest BCUT2D eigenvalue weighted by Crippen LogP contribution is -2.46. The van der Waals surface area contributed by atoms with Crippen molar-refractivity contribution in [2.45, 2.75) is 74.5 Å². The van der Waals surface area contributed by atoms with E-state index in [1.807, 2.05) is 34.6 Å². The summed E-state index contributed by atoms with van der Waals surface area (Å²) in [6, 6.07) is 6.82. The topological polar surface area (TPSA) is 72.8 Å². The summed E-state index contributed by atoms with van der Waals surface area (Å²) in [5.41, 5.74) is 0.146. The Labute approximate surface area is 169 Å². The van der Waals surface area contributed by atoms with Crippen molar-refractivity contribution in [2.24, 2.45) is 16.2 Å². The second-order valence-electron chi connectivity index (χ2n) is 10.3. The number of hydrogen-bond donors (Lipinski definition) is 1. The largest absolute Gasteiger partial charge is 0.458 e. The molecule has 1 rings (SSSR count). The van der Waals surface area contributed by atoms with Crippen LogP contribution >= 0.6 is 0 Å². The lowest BCUT2D eigenvalue weighted by molar-refractivity contribution is -0.203. The molecule has 0 aliphatic rings. The minimum atomic E-state index is -1.92. The minimum Gasteiger partial charge on any atom is -0.458 e. The molecule has 1 aromatic rings. The molecule has 0 aliphatic carbocycles. The fourth-order valence-corrected chi connectivity index (χ4v) is 3.04. The number of esters is 2. The van der Waals surface area contributed by atoms with Crippen molar-refractivity contribution in [3.63, 3.8) is 0 Å². The van der Waals surface area contributed by atoms with Crippen LogP contribution in [-0.2, 0) is 14.3 Å². The number of rotatable bonds is 6. The van der Waals surface area contributed by atoms with Gasteiger partial charge in [-0.1, -0.05) is 59.2 Å². The Morgan fingerprint density at radius 1 is 0.929 bits per heavy atom. The van der Waals surface area contributed by atoms with Crippen LogP contribution in [-0.4, -0.2) is 29.4 Å². The molecule has 0 saturated carbocycles. The van der Waals surface area contributed by atoms with E-state index >= 15 is 0 Å². The first-order valence-electron chi connectivity index (χ1n) is 9.66. The van der Waals surface area contributed by atoms with Crippen LogP contribution in [0.25, 0.3) is 0 Å². The Bertz CT molecular complexity index is 689. The third-order valence-electron chi connectivity index (χ3n) is 5.06. The summed E-state index contributed by atoms with van der Waals surface area (Å²) < 4.78 is 10.6. The van der Waals surface area contributed by atoms with Crippen molar-refractivity contribution in [1.29, 1.82) is 0 Å².